The second-order valence-corrected chi connectivity index (χ2v) is 8.92. The van der Waals surface area contributed by atoms with Crippen LogP contribution in [0.3, 0.4) is 0 Å². The Balaban J connectivity index is 0. The summed E-state index contributed by atoms with van der Waals surface area (Å²) in [5, 5.41) is 10.7. The van der Waals surface area contributed by atoms with Gasteiger partial charge in [-0.25, -0.2) is 0 Å². The van der Waals surface area contributed by atoms with E-state index >= 15 is 0 Å². The van der Waals surface area contributed by atoms with Crippen LogP contribution >= 0.6 is 0 Å². The van der Waals surface area contributed by atoms with Crippen LogP contribution in [0.5, 0.6) is 0 Å². The number of carboxylic acids is 1. The van der Waals surface area contributed by atoms with Crippen LogP contribution in [-0.2, 0) is 14.3 Å². The molecule has 0 aromatic rings. The topological polar surface area (TPSA) is 66.4 Å². The van der Waals surface area contributed by atoms with E-state index in [1.165, 1.54) is 77.0 Å². The van der Waals surface area contributed by atoms with E-state index in [2.05, 4.69) is 13.8 Å². The molecule has 0 heterocycles. The molecular weight excluding hydrogens is 387 g/mol. The maximum Gasteiger partial charge on any atom is 1.00 e. The molecule has 0 aromatic heterocycles. The summed E-state index contributed by atoms with van der Waals surface area (Å²) in [6.45, 7) is 6.44. The first-order chi connectivity index (χ1) is 13.9. The Morgan fingerprint density at radius 1 is 0.667 bits per heavy atom. The molecule has 0 atom stereocenters. The normalized spacial score (nSPS) is 11.2. The summed E-state index contributed by atoms with van der Waals surface area (Å²) in [4.78, 5) is 22.6. The number of carbonyl (C=O) groups excluding carboxylic acids is 2. The number of esters is 1. The van der Waals surface area contributed by atoms with Gasteiger partial charge in [0.25, 0.3) is 0 Å². The Bertz CT molecular complexity index is 392. The molecule has 0 aliphatic rings. The zero-order valence-electron chi connectivity index (χ0n) is 20.6. The third-order valence-electron chi connectivity index (χ3n) is 5.77. The van der Waals surface area contributed by atoms with Gasteiger partial charge in [-0.15, -0.1) is 0 Å². The summed E-state index contributed by atoms with van der Waals surface area (Å²) in [6.07, 6.45) is 20.8. The van der Waals surface area contributed by atoms with E-state index in [1.807, 2.05) is 6.92 Å². The zero-order valence-corrected chi connectivity index (χ0v) is 22.6. The Labute approximate surface area is 208 Å². The first-order valence-electron chi connectivity index (χ1n) is 12.3. The number of hydrogen-bond acceptors (Lipinski definition) is 4. The molecule has 5 heteroatoms. The Morgan fingerprint density at radius 3 is 1.33 bits per heavy atom. The molecule has 4 nitrogen and oxygen atoms in total. The van der Waals surface area contributed by atoms with Gasteiger partial charge in [-0.2, -0.15) is 0 Å². The second kappa shape index (κ2) is 22.1. The number of ether oxygens (including phenoxy) is 1. The molecule has 0 spiro atoms. The van der Waals surface area contributed by atoms with Crippen molar-refractivity contribution in [1.82, 2.24) is 0 Å². The van der Waals surface area contributed by atoms with E-state index in [0.29, 0.717) is 0 Å². The van der Waals surface area contributed by atoms with Crippen LogP contribution in [0.4, 0.5) is 0 Å². The van der Waals surface area contributed by atoms with Gasteiger partial charge in [0.2, 0.25) is 0 Å². The van der Waals surface area contributed by atoms with E-state index in [-0.39, 0.29) is 29.6 Å². The van der Waals surface area contributed by atoms with E-state index in [1.54, 1.807) is 0 Å². The average Bonchev–Trinajstić information content (AvgIpc) is 2.65. The minimum absolute atomic E-state index is 0. The molecule has 0 saturated carbocycles. The number of rotatable bonds is 21. The van der Waals surface area contributed by atoms with Gasteiger partial charge < -0.3 is 14.6 Å². The van der Waals surface area contributed by atoms with Crippen molar-refractivity contribution in [2.45, 2.75) is 148 Å². The minimum Gasteiger partial charge on any atom is -0.550 e. The first-order valence-corrected chi connectivity index (χ1v) is 12.3. The number of carbonyl (C=O) groups is 2. The van der Waals surface area contributed by atoms with Gasteiger partial charge in [0, 0.05) is 0 Å². The number of carboxylic acid groups (broad SMARTS) is 1. The molecule has 172 valence electrons. The molecule has 0 aliphatic carbocycles. The van der Waals surface area contributed by atoms with Gasteiger partial charge in [0.05, 0.1) is 12.4 Å². The van der Waals surface area contributed by atoms with E-state index in [4.69, 9.17) is 4.74 Å². The largest absolute Gasteiger partial charge is 1.00 e. The van der Waals surface area contributed by atoms with Crippen molar-refractivity contribution in [3.63, 3.8) is 0 Å². The molecule has 30 heavy (non-hydrogen) atoms. The predicted molar refractivity (Wildman–Crippen MR) is 119 cm³/mol. The standard InChI is InChI=1S/C25H48O4.Na/c1-4-6-8-10-12-14-16-18-20-25(3,29-24(28)22-23(26)27)21-19-17-15-13-11-9-7-5-2;/h4-22H2,1-3H3,(H,26,27);/q;+1/p-1. The van der Waals surface area contributed by atoms with Crippen molar-refractivity contribution in [3.8, 4) is 0 Å². The van der Waals surface area contributed by atoms with Gasteiger partial charge in [-0.3, -0.25) is 4.79 Å². The van der Waals surface area contributed by atoms with Crippen LogP contribution in [0, 0.1) is 0 Å². The van der Waals surface area contributed by atoms with E-state index in [9.17, 15) is 14.7 Å². The van der Waals surface area contributed by atoms with Gasteiger partial charge in [0.1, 0.15) is 5.60 Å². The van der Waals surface area contributed by atoms with Crippen LogP contribution in [-0.4, -0.2) is 17.5 Å². The molecule has 0 aromatic carbocycles. The minimum atomic E-state index is -1.36. The molecule has 0 bridgehead atoms. The van der Waals surface area contributed by atoms with Crippen LogP contribution in [0.1, 0.15) is 143 Å². The summed E-state index contributed by atoms with van der Waals surface area (Å²) >= 11 is 0. The fourth-order valence-electron chi connectivity index (χ4n) is 3.92. The number of unbranched alkanes of at least 4 members (excludes halogenated alkanes) is 14. The summed E-state index contributed by atoms with van der Waals surface area (Å²) in [7, 11) is 0. The van der Waals surface area contributed by atoms with Gasteiger partial charge in [0.15, 0.2) is 0 Å². The SMILES string of the molecule is CCCCCCCCCCC(C)(CCCCCCCCCC)OC(=O)CC(=O)[O-].[Na+]. The smallest absolute Gasteiger partial charge is 0.550 e. The molecule has 0 saturated heterocycles. The Kier molecular flexibility index (Phi) is 23.7. The zero-order chi connectivity index (χ0) is 21.8. The summed E-state index contributed by atoms with van der Waals surface area (Å²) < 4.78 is 5.61. The predicted octanol–water partition coefficient (Wildman–Crippen LogP) is 3.49. The van der Waals surface area contributed by atoms with E-state index < -0.39 is 24.0 Å². The monoisotopic (exact) mass is 434 g/mol. The van der Waals surface area contributed by atoms with Crippen molar-refractivity contribution in [2.75, 3.05) is 0 Å². The fourth-order valence-corrected chi connectivity index (χ4v) is 3.92. The maximum atomic E-state index is 11.9. The third-order valence-corrected chi connectivity index (χ3v) is 5.77. The summed E-state index contributed by atoms with van der Waals surface area (Å²) in [5.41, 5.74) is -0.545. The maximum absolute atomic E-state index is 11.9. The summed E-state index contributed by atoms with van der Waals surface area (Å²) in [6, 6.07) is 0. The fraction of sp³-hybridized carbons (Fsp3) is 0.920. The molecule has 0 unspecified atom stereocenters. The number of aliphatic carboxylic acids is 1. The van der Waals surface area contributed by atoms with Gasteiger partial charge in [-0.1, -0.05) is 104 Å². The molecule has 0 amide bonds. The van der Waals surface area contributed by atoms with Gasteiger partial charge >= 0.3 is 35.5 Å². The van der Waals surface area contributed by atoms with Crippen molar-refractivity contribution in [3.05, 3.63) is 0 Å². The van der Waals surface area contributed by atoms with Crippen LogP contribution in [0.15, 0.2) is 0 Å². The Morgan fingerprint density at radius 2 is 1.00 bits per heavy atom. The first kappa shape index (κ1) is 32.1. The van der Waals surface area contributed by atoms with Crippen molar-refractivity contribution < 1.29 is 49.0 Å². The molecule has 0 rings (SSSR count). The molecule has 0 aliphatic heterocycles. The quantitative estimate of drug-likeness (QED) is 0.120. The van der Waals surface area contributed by atoms with Crippen molar-refractivity contribution in [2.24, 2.45) is 0 Å². The van der Waals surface area contributed by atoms with Crippen molar-refractivity contribution >= 4 is 11.9 Å². The van der Waals surface area contributed by atoms with E-state index in [0.717, 1.165) is 38.5 Å². The molecule has 0 radical (unpaired) electrons. The van der Waals surface area contributed by atoms with Crippen LogP contribution in [0.2, 0.25) is 0 Å². The number of hydrogen-bond donors (Lipinski definition) is 0. The van der Waals surface area contributed by atoms with Crippen LogP contribution in [0.25, 0.3) is 0 Å². The Hall–Kier alpha value is -0.0600. The summed E-state index contributed by atoms with van der Waals surface area (Å²) in [5.74, 6) is -2.02. The average molecular weight is 435 g/mol. The second-order valence-electron chi connectivity index (χ2n) is 8.92. The van der Waals surface area contributed by atoms with Crippen LogP contribution < -0.4 is 34.7 Å². The van der Waals surface area contributed by atoms with Gasteiger partial charge in [-0.05, 0) is 32.6 Å². The third kappa shape index (κ3) is 21.2. The molecular formula is C25H47NaO4. The molecule has 0 fully saturated rings. The van der Waals surface area contributed by atoms with Crippen molar-refractivity contribution in [1.29, 1.82) is 0 Å². The molecule has 0 N–H and O–H groups in total.